The van der Waals surface area contributed by atoms with Crippen molar-refractivity contribution in [3.63, 3.8) is 0 Å². The van der Waals surface area contributed by atoms with E-state index < -0.39 is 23.5 Å². The topological polar surface area (TPSA) is 69.6 Å². The highest BCUT2D eigenvalue weighted by molar-refractivity contribution is 5.74. The maximum Gasteiger partial charge on any atom is 0.323 e. The van der Waals surface area contributed by atoms with Crippen LogP contribution < -0.4 is 5.32 Å². The van der Waals surface area contributed by atoms with E-state index in [0.717, 1.165) is 0 Å². The Balaban J connectivity index is 4.63. The van der Waals surface area contributed by atoms with Gasteiger partial charge in [0.05, 0.1) is 6.10 Å². The van der Waals surface area contributed by atoms with Gasteiger partial charge in [-0.2, -0.15) is 0 Å². The molecule has 0 spiro atoms. The van der Waals surface area contributed by atoms with Crippen molar-refractivity contribution in [3.05, 3.63) is 12.2 Å². The normalized spacial score (nSPS) is 16.6. The quantitative estimate of drug-likeness (QED) is 0.578. The van der Waals surface area contributed by atoms with E-state index in [4.69, 9.17) is 5.11 Å². The number of likely N-dealkylation sites (N-methyl/N-ethyl adjacent to an activating group) is 1. The zero-order chi connectivity index (χ0) is 12.1. The first kappa shape index (κ1) is 14.1. The van der Waals surface area contributed by atoms with Gasteiger partial charge in [-0.05, 0) is 25.8 Å². The average Bonchev–Trinajstić information content (AvgIpc) is 2.15. The molecule has 0 fully saturated rings. The number of carboxylic acids is 1. The summed E-state index contributed by atoms with van der Waals surface area (Å²) in [7, 11) is 1.54. The van der Waals surface area contributed by atoms with E-state index in [1.54, 1.807) is 0 Å². The fraction of sp³-hybridized carbons (Fsp3) is 0.727. The summed E-state index contributed by atoms with van der Waals surface area (Å²) in [6, 6.07) is -0.926. The van der Waals surface area contributed by atoms with Gasteiger partial charge in [-0.15, -0.1) is 0 Å². The smallest absolute Gasteiger partial charge is 0.323 e. The van der Waals surface area contributed by atoms with Crippen LogP contribution in [0.2, 0.25) is 0 Å². The summed E-state index contributed by atoms with van der Waals surface area (Å²) >= 11 is 0. The SMILES string of the molecule is CC=CCC(C)(C)C(O)C(NC)C(=O)O. The molecule has 0 rings (SSSR count). The molecule has 4 heteroatoms. The third-order valence-electron chi connectivity index (χ3n) is 2.57. The number of carboxylic acid groups (broad SMARTS) is 1. The van der Waals surface area contributed by atoms with E-state index in [1.807, 2.05) is 32.9 Å². The lowest BCUT2D eigenvalue weighted by Crippen LogP contribution is -2.50. The molecule has 3 N–H and O–H groups in total. The summed E-state index contributed by atoms with van der Waals surface area (Å²) in [6.45, 7) is 5.60. The van der Waals surface area contributed by atoms with E-state index in [0.29, 0.717) is 6.42 Å². The van der Waals surface area contributed by atoms with Crippen molar-refractivity contribution >= 4 is 5.97 Å². The molecule has 15 heavy (non-hydrogen) atoms. The maximum atomic E-state index is 10.9. The van der Waals surface area contributed by atoms with Crippen LogP contribution in [0.25, 0.3) is 0 Å². The van der Waals surface area contributed by atoms with Gasteiger partial charge in [0.25, 0.3) is 0 Å². The second-order valence-corrected chi connectivity index (χ2v) is 4.31. The van der Waals surface area contributed by atoms with Crippen molar-refractivity contribution < 1.29 is 15.0 Å². The van der Waals surface area contributed by atoms with E-state index >= 15 is 0 Å². The van der Waals surface area contributed by atoms with Crippen molar-refractivity contribution in [1.82, 2.24) is 5.32 Å². The molecule has 0 radical (unpaired) electrons. The Hall–Kier alpha value is -0.870. The molecule has 4 nitrogen and oxygen atoms in total. The molecule has 88 valence electrons. The second-order valence-electron chi connectivity index (χ2n) is 4.31. The molecular formula is C11H21NO3. The fourth-order valence-corrected chi connectivity index (χ4v) is 1.41. The van der Waals surface area contributed by atoms with Gasteiger partial charge in [-0.3, -0.25) is 4.79 Å². The third kappa shape index (κ3) is 4.01. The molecule has 0 amide bonds. The first-order valence-electron chi connectivity index (χ1n) is 5.06. The summed E-state index contributed by atoms with van der Waals surface area (Å²) in [5.41, 5.74) is -0.460. The number of nitrogens with one attached hydrogen (secondary N) is 1. The minimum atomic E-state index is -1.03. The lowest BCUT2D eigenvalue weighted by atomic mass is 9.79. The summed E-state index contributed by atoms with van der Waals surface area (Å²) in [4.78, 5) is 10.9. The highest BCUT2D eigenvalue weighted by Crippen LogP contribution is 2.27. The number of carbonyl (C=O) groups is 1. The number of hydrogen-bond donors (Lipinski definition) is 3. The number of allylic oxidation sites excluding steroid dienone is 2. The summed E-state index contributed by atoms with van der Waals surface area (Å²) in [6.07, 6.45) is 3.55. The summed E-state index contributed by atoms with van der Waals surface area (Å²) in [5, 5.41) is 21.5. The molecule has 0 bridgehead atoms. The largest absolute Gasteiger partial charge is 0.480 e. The first-order chi connectivity index (χ1) is 6.86. The molecule has 0 aliphatic heterocycles. The van der Waals surface area contributed by atoms with Crippen molar-refractivity contribution in [2.75, 3.05) is 7.05 Å². The second kappa shape index (κ2) is 5.88. The van der Waals surface area contributed by atoms with Crippen LogP contribution in [-0.2, 0) is 4.79 Å². The van der Waals surface area contributed by atoms with Gasteiger partial charge in [0.2, 0.25) is 0 Å². The molecule has 0 heterocycles. The Bertz CT molecular complexity index is 236. The van der Waals surface area contributed by atoms with Gasteiger partial charge in [-0.25, -0.2) is 0 Å². The van der Waals surface area contributed by atoms with Gasteiger partial charge in [0.15, 0.2) is 0 Å². The van der Waals surface area contributed by atoms with Crippen LogP contribution in [0.4, 0.5) is 0 Å². The Morgan fingerprint density at radius 2 is 2.07 bits per heavy atom. The van der Waals surface area contributed by atoms with Crippen LogP contribution in [-0.4, -0.2) is 35.4 Å². The standard InChI is InChI=1S/C11H21NO3/c1-5-6-7-11(2,3)9(13)8(12-4)10(14)15/h5-6,8-9,12-13H,7H2,1-4H3,(H,14,15). The molecule has 2 unspecified atom stereocenters. The summed E-state index contributed by atoms with van der Waals surface area (Å²) < 4.78 is 0. The number of aliphatic hydroxyl groups is 1. The van der Waals surface area contributed by atoms with Gasteiger partial charge in [-0.1, -0.05) is 26.0 Å². The van der Waals surface area contributed by atoms with Gasteiger partial charge in [0, 0.05) is 0 Å². The lowest BCUT2D eigenvalue weighted by molar-refractivity contribution is -0.144. The molecule has 0 aromatic heterocycles. The van der Waals surface area contributed by atoms with Crippen molar-refractivity contribution in [1.29, 1.82) is 0 Å². The van der Waals surface area contributed by atoms with Gasteiger partial charge >= 0.3 is 5.97 Å². The Labute approximate surface area is 91.0 Å². The number of aliphatic carboxylic acids is 1. The van der Waals surface area contributed by atoms with E-state index in [9.17, 15) is 9.90 Å². The van der Waals surface area contributed by atoms with Crippen LogP contribution in [0.5, 0.6) is 0 Å². The molecule has 0 aliphatic carbocycles. The predicted molar refractivity (Wildman–Crippen MR) is 59.7 cm³/mol. The summed E-state index contributed by atoms with van der Waals surface area (Å²) in [5.74, 6) is -1.03. The monoisotopic (exact) mass is 215 g/mol. The van der Waals surface area contributed by atoms with Gasteiger partial charge < -0.3 is 15.5 Å². The highest BCUT2D eigenvalue weighted by atomic mass is 16.4. The minimum Gasteiger partial charge on any atom is -0.480 e. The Kier molecular flexibility index (Phi) is 5.54. The number of hydrogen-bond acceptors (Lipinski definition) is 3. The molecule has 0 saturated heterocycles. The fourth-order valence-electron chi connectivity index (χ4n) is 1.41. The van der Waals surface area contributed by atoms with E-state index in [2.05, 4.69) is 5.32 Å². The molecule has 2 atom stereocenters. The minimum absolute atomic E-state index is 0.460. The Morgan fingerprint density at radius 3 is 2.40 bits per heavy atom. The van der Waals surface area contributed by atoms with Crippen molar-refractivity contribution in [2.24, 2.45) is 5.41 Å². The molecule has 0 aliphatic rings. The first-order valence-corrected chi connectivity index (χ1v) is 5.06. The van der Waals surface area contributed by atoms with E-state index in [-0.39, 0.29) is 0 Å². The Morgan fingerprint density at radius 1 is 1.53 bits per heavy atom. The van der Waals surface area contributed by atoms with E-state index in [1.165, 1.54) is 7.05 Å². The average molecular weight is 215 g/mol. The molecular weight excluding hydrogens is 194 g/mol. The third-order valence-corrected chi connectivity index (χ3v) is 2.57. The number of aliphatic hydroxyl groups excluding tert-OH is 1. The van der Waals surface area contributed by atoms with Crippen LogP contribution in [0, 0.1) is 5.41 Å². The van der Waals surface area contributed by atoms with Crippen LogP contribution in [0.15, 0.2) is 12.2 Å². The maximum absolute atomic E-state index is 10.9. The van der Waals surface area contributed by atoms with Gasteiger partial charge in [0.1, 0.15) is 6.04 Å². The lowest BCUT2D eigenvalue weighted by Gasteiger charge is -2.33. The predicted octanol–water partition coefficient (Wildman–Crippen LogP) is 1.01. The van der Waals surface area contributed by atoms with Crippen LogP contribution in [0.1, 0.15) is 27.2 Å². The van der Waals surface area contributed by atoms with Crippen LogP contribution >= 0.6 is 0 Å². The molecule has 0 saturated carbocycles. The molecule has 0 aromatic carbocycles. The molecule has 0 aromatic rings. The van der Waals surface area contributed by atoms with Crippen molar-refractivity contribution in [2.45, 2.75) is 39.3 Å². The zero-order valence-corrected chi connectivity index (χ0v) is 9.82. The van der Waals surface area contributed by atoms with Crippen molar-refractivity contribution in [3.8, 4) is 0 Å². The highest BCUT2D eigenvalue weighted by Gasteiger charge is 2.36. The van der Waals surface area contributed by atoms with Crippen LogP contribution in [0.3, 0.4) is 0 Å². The number of rotatable bonds is 6. The zero-order valence-electron chi connectivity index (χ0n) is 9.82.